The Balaban J connectivity index is 4.25. The van der Waals surface area contributed by atoms with Crippen LogP contribution in [-0.2, 0) is 28.6 Å². The second-order valence-corrected chi connectivity index (χ2v) is 20.5. The van der Waals surface area contributed by atoms with Crippen LogP contribution in [0.3, 0.4) is 0 Å². The third-order valence-electron chi connectivity index (χ3n) is 13.9. The number of carbonyl (C=O) groups is 3. The second kappa shape index (κ2) is 53.4. The molecule has 0 heterocycles. The Bertz CT molecular complexity index is 982. The van der Waals surface area contributed by atoms with Crippen LogP contribution in [0, 0.1) is 5.92 Å². The van der Waals surface area contributed by atoms with Crippen LogP contribution in [0.2, 0.25) is 0 Å². The molecule has 0 fully saturated rings. The Kier molecular flexibility index (Phi) is 52.1. The van der Waals surface area contributed by atoms with E-state index in [4.69, 9.17) is 14.2 Å². The van der Waals surface area contributed by atoms with Crippen molar-refractivity contribution in [3.05, 3.63) is 0 Å². The van der Waals surface area contributed by atoms with Crippen molar-refractivity contribution < 1.29 is 28.6 Å². The molecule has 0 aromatic carbocycles. The molecule has 0 radical (unpaired) electrons. The van der Waals surface area contributed by atoms with E-state index < -0.39 is 6.10 Å². The lowest BCUT2D eigenvalue weighted by Gasteiger charge is -2.18. The first-order valence-electron chi connectivity index (χ1n) is 29.4. The molecule has 0 aliphatic heterocycles. The zero-order valence-electron chi connectivity index (χ0n) is 44.5. The molecule has 0 spiro atoms. The Hall–Kier alpha value is -1.59. The molecule has 386 valence electrons. The van der Waals surface area contributed by atoms with Gasteiger partial charge in [-0.3, -0.25) is 14.4 Å². The van der Waals surface area contributed by atoms with Crippen molar-refractivity contribution in [1.82, 2.24) is 0 Å². The van der Waals surface area contributed by atoms with E-state index >= 15 is 0 Å². The van der Waals surface area contributed by atoms with E-state index in [0.29, 0.717) is 19.3 Å². The summed E-state index contributed by atoms with van der Waals surface area (Å²) in [6.07, 6.45) is 58.0. The van der Waals surface area contributed by atoms with E-state index in [-0.39, 0.29) is 31.1 Å². The quantitative estimate of drug-likeness (QED) is 0.0344. The summed E-state index contributed by atoms with van der Waals surface area (Å²) in [7, 11) is 0. The fourth-order valence-electron chi connectivity index (χ4n) is 9.07. The lowest BCUT2D eigenvalue weighted by molar-refractivity contribution is -0.167. The zero-order valence-corrected chi connectivity index (χ0v) is 44.5. The molecule has 0 amide bonds. The van der Waals surface area contributed by atoms with Crippen molar-refractivity contribution >= 4 is 17.9 Å². The molecule has 0 aromatic heterocycles. The predicted octanol–water partition coefficient (Wildman–Crippen LogP) is 19.4. The van der Waals surface area contributed by atoms with E-state index in [1.54, 1.807) is 0 Å². The summed E-state index contributed by atoms with van der Waals surface area (Å²) < 4.78 is 16.9. The van der Waals surface area contributed by atoms with Crippen LogP contribution in [0.25, 0.3) is 0 Å². The molecule has 0 bridgehead atoms. The Morgan fingerprint density at radius 3 is 0.800 bits per heavy atom. The van der Waals surface area contributed by atoms with Gasteiger partial charge < -0.3 is 14.2 Å². The van der Waals surface area contributed by atoms with Crippen LogP contribution < -0.4 is 0 Å². The molecule has 0 N–H and O–H groups in total. The summed E-state index contributed by atoms with van der Waals surface area (Å²) in [4.78, 5) is 38.1. The van der Waals surface area contributed by atoms with Crippen LogP contribution >= 0.6 is 0 Å². The highest BCUT2D eigenvalue weighted by molar-refractivity contribution is 5.71. The SMILES string of the molecule is CCCCCCCCCCCCCCCCCCCCC(=O)OC[C@H](COC(=O)CCCCCCCCCCCCC)OC(=O)CCCCCCCCCCCCCCCCC(C)CC. The van der Waals surface area contributed by atoms with Gasteiger partial charge >= 0.3 is 17.9 Å². The molecule has 2 atom stereocenters. The van der Waals surface area contributed by atoms with Crippen molar-refractivity contribution in [3.63, 3.8) is 0 Å². The average molecular weight is 920 g/mol. The third kappa shape index (κ3) is 51.6. The van der Waals surface area contributed by atoms with Gasteiger partial charge in [0.15, 0.2) is 6.10 Å². The van der Waals surface area contributed by atoms with Gasteiger partial charge in [-0.25, -0.2) is 0 Å². The topological polar surface area (TPSA) is 78.9 Å². The van der Waals surface area contributed by atoms with E-state index in [1.807, 2.05) is 0 Å². The minimum atomic E-state index is -0.761. The monoisotopic (exact) mass is 919 g/mol. The summed E-state index contributed by atoms with van der Waals surface area (Å²) >= 11 is 0. The van der Waals surface area contributed by atoms with Gasteiger partial charge in [-0.1, -0.05) is 297 Å². The van der Waals surface area contributed by atoms with Crippen LogP contribution in [0.1, 0.15) is 336 Å². The number of hydrogen-bond donors (Lipinski definition) is 0. The predicted molar refractivity (Wildman–Crippen MR) is 280 cm³/mol. The molecule has 0 aliphatic carbocycles. The molecular weight excluding hydrogens is 805 g/mol. The largest absolute Gasteiger partial charge is 0.462 e. The Labute approximate surface area is 406 Å². The van der Waals surface area contributed by atoms with Crippen LogP contribution in [0.5, 0.6) is 0 Å². The first kappa shape index (κ1) is 63.4. The van der Waals surface area contributed by atoms with Gasteiger partial charge in [-0.05, 0) is 25.2 Å². The average Bonchev–Trinajstić information content (AvgIpc) is 3.30. The summed E-state index contributed by atoms with van der Waals surface area (Å²) in [6.45, 7) is 9.09. The maximum Gasteiger partial charge on any atom is 0.306 e. The molecule has 65 heavy (non-hydrogen) atoms. The van der Waals surface area contributed by atoms with Crippen LogP contribution in [0.15, 0.2) is 0 Å². The molecule has 0 saturated carbocycles. The molecule has 6 heteroatoms. The summed E-state index contributed by atoms with van der Waals surface area (Å²) in [6, 6.07) is 0. The number of esters is 3. The molecule has 0 aliphatic rings. The Morgan fingerprint density at radius 1 is 0.308 bits per heavy atom. The maximum absolute atomic E-state index is 12.9. The summed E-state index contributed by atoms with van der Waals surface area (Å²) in [5.41, 5.74) is 0. The van der Waals surface area contributed by atoms with Gasteiger partial charge in [-0.2, -0.15) is 0 Å². The van der Waals surface area contributed by atoms with Crippen molar-refractivity contribution in [1.29, 1.82) is 0 Å². The lowest BCUT2D eigenvalue weighted by atomic mass is 9.99. The molecule has 6 nitrogen and oxygen atoms in total. The van der Waals surface area contributed by atoms with Crippen molar-refractivity contribution in [2.75, 3.05) is 13.2 Å². The van der Waals surface area contributed by atoms with E-state index in [0.717, 1.165) is 63.7 Å². The highest BCUT2D eigenvalue weighted by Crippen LogP contribution is 2.18. The minimum absolute atomic E-state index is 0.0618. The summed E-state index contributed by atoms with van der Waals surface area (Å²) in [5.74, 6) is 0.0590. The summed E-state index contributed by atoms with van der Waals surface area (Å²) in [5, 5.41) is 0. The van der Waals surface area contributed by atoms with Gasteiger partial charge in [0.25, 0.3) is 0 Å². The number of rotatable bonds is 54. The van der Waals surface area contributed by atoms with Gasteiger partial charge in [0.05, 0.1) is 0 Å². The van der Waals surface area contributed by atoms with E-state index in [9.17, 15) is 14.4 Å². The first-order valence-corrected chi connectivity index (χ1v) is 29.4. The first-order chi connectivity index (χ1) is 31.9. The normalized spacial score (nSPS) is 12.4. The zero-order chi connectivity index (χ0) is 47.4. The van der Waals surface area contributed by atoms with Crippen LogP contribution in [-0.4, -0.2) is 37.2 Å². The van der Waals surface area contributed by atoms with Crippen molar-refractivity contribution in [3.8, 4) is 0 Å². The van der Waals surface area contributed by atoms with Crippen molar-refractivity contribution in [2.45, 2.75) is 342 Å². The fourth-order valence-corrected chi connectivity index (χ4v) is 9.07. The number of ether oxygens (including phenoxy) is 3. The number of carbonyl (C=O) groups excluding carboxylic acids is 3. The maximum atomic E-state index is 12.9. The molecule has 0 aromatic rings. The van der Waals surface area contributed by atoms with Gasteiger partial charge in [0.2, 0.25) is 0 Å². The highest BCUT2D eigenvalue weighted by Gasteiger charge is 2.19. The van der Waals surface area contributed by atoms with Gasteiger partial charge in [0, 0.05) is 19.3 Å². The fraction of sp³-hybridized carbons (Fsp3) is 0.949. The number of unbranched alkanes of at least 4 members (excludes halogenated alkanes) is 40. The second-order valence-electron chi connectivity index (χ2n) is 20.5. The van der Waals surface area contributed by atoms with Crippen LogP contribution in [0.4, 0.5) is 0 Å². The molecular formula is C59H114O6. The highest BCUT2D eigenvalue weighted by atomic mass is 16.6. The molecule has 0 saturated heterocycles. The third-order valence-corrected chi connectivity index (χ3v) is 13.9. The van der Waals surface area contributed by atoms with E-state index in [1.165, 1.54) is 231 Å². The Morgan fingerprint density at radius 2 is 0.538 bits per heavy atom. The lowest BCUT2D eigenvalue weighted by Crippen LogP contribution is -2.30. The minimum Gasteiger partial charge on any atom is -0.462 e. The smallest absolute Gasteiger partial charge is 0.306 e. The molecule has 0 rings (SSSR count). The van der Waals surface area contributed by atoms with Gasteiger partial charge in [0.1, 0.15) is 13.2 Å². The van der Waals surface area contributed by atoms with Gasteiger partial charge in [-0.15, -0.1) is 0 Å². The standard InChI is InChI=1S/C59H114O6/c1-5-8-10-12-14-16-18-19-20-21-22-23-27-31-35-39-43-47-51-58(61)64-54-56(53-63-57(60)50-46-42-38-34-29-17-15-13-11-9-6-2)65-59(62)52-48-44-40-36-32-28-25-24-26-30-33-37-41-45-49-55(4)7-3/h55-56H,5-54H2,1-4H3/t55?,56-/m0/s1. The molecule has 1 unspecified atom stereocenters. The van der Waals surface area contributed by atoms with Crippen molar-refractivity contribution in [2.24, 2.45) is 5.92 Å². The number of hydrogen-bond acceptors (Lipinski definition) is 6. The van der Waals surface area contributed by atoms with E-state index in [2.05, 4.69) is 27.7 Å².